The summed E-state index contributed by atoms with van der Waals surface area (Å²) in [6, 6.07) is 8.51. The molecule has 3 aliphatic rings. The van der Waals surface area contributed by atoms with Crippen LogP contribution in [0, 0.1) is 5.92 Å². The van der Waals surface area contributed by atoms with E-state index in [1.54, 1.807) is 0 Å². The summed E-state index contributed by atoms with van der Waals surface area (Å²) in [4.78, 5) is 33.9. The molecule has 1 aliphatic carbocycles. The van der Waals surface area contributed by atoms with Crippen LogP contribution < -0.4 is 10.6 Å². The molecule has 8 heteroatoms. The monoisotopic (exact) mass is 567 g/mol. The van der Waals surface area contributed by atoms with Gasteiger partial charge in [0.25, 0.3) is 0 Å². The molecule has 182 valence electrons. The minimum absolute atomic E-state index is 0. The quantitative estimate of drug-likeness (QED) is 0.230. The van der Waals surface area contributed by atoms with Crippen LogP contribution in [0.2, 0.25) is 0 Å². The van der Waals surface area contributed by atoms with E-state index in [0.29, 0.717) is 18.9 Å². The maximum atomic E-state index is 12.7. The number of nitrogens with zero attached hydrogens (tertiary/aromatic N) is 3. The smallest absolute Gasteiger partial charge is 0.225 e. The van der Waals surface area contributed by atoms with Gasteiger partial charge < -0.3 is 20.4 Å². The third kappa shape index (κ3) is 6.83. The predicted molar refractivity (Wildman–Crippen MR) is 141 cm³/mol. The maximum absolute atomic E-state index is 12.7. The molecule has 7 nitrogen and oxygen atoms in total. The molecule has 2 N–H and O–H groups in total. The molecule has 2 heterocycles. The van der Waals surface area contributed by atoms with E-state index >= 15 is 0 Å². The van der Waals surface area contributed by atoms with Crippen LogP contribution in [0.1, 0.15) is 63.0 Å². The van der Waals surface area contributed by atoms with E-state index in [1.165, 1.54) is 24.0 Å². The van der Waals surface area contributed by atoms with Gasteiger partial charge in [0, 0.05) is 57.6 Å². The Morgan fingerprint density at radius 2 is 1.76 bits per heavy atom. The Bertz CT molecular complexity index is 815. The zero-order chi connectivity index (χ0) is 22.3. The Morgan fingerprint density at radius 3 is 2.42 bits per heavy atom. The van der Waals surface area contributed by atoms with Crippen LogP contribution in [0.15, 0.2) is 29.3 Å². The molecule has 1 aromatic carbocycles. The molecule has 1 unspecified atom stereocenters. The largest absolute Gasteiger partial charge is 0.357 e. The number of benzene rings is 1. The summed E-state index contributed by atoms with van der Waals surface area (Å²) >= 11 is 0. The summed E-state index contributed by atoms with van der Waals surface area (Å²) < 4.78 is 0. The molecule has 0 aromatic heterocycles. The highest BCUT2D eigenvalue weighted by atomic mass is 127. The van der Waals surface area contributed by atoms with Gasteiger partial charge in [-0.2, -0.15) is 0 Å². The van der Waals surface area contributed by atoms with E-state index in [1.807, 2.05) is 21.9 Å². The third-order valence-corrected chi connectivity index (χ3v) is 6.90. The lowest BCUT2D eigenvalue weighted by molar-refractivity contribution is -0.134. The molecule has 1 aromatic rings. The normalized spacial score (nSPS) is 20.5. The minimum Gasteiger partial charge on any atom is -0.357 e. The number of carbonyl (C=O) groups excluding carboxylic acids is 2. The maximum Gasteiger partial charge on any atom is 0.225 e. The summed E-state index contributed by atoms with van der Waals surface area (Å²) in [6.45, 7) is 6.48. The average molecular weight is 568 g/mol. The van der Waals surface area contributed by atoms with E-state index in [9.17, 15) is 9.59 Å². The second kappa shape index (κ2) is 12.6. The molecular formula is C25H38IN5O2. The summed E-state index contributed by atoms with van der Waals surface area (Å²) in [7, 11) is 0. The number of guanidine groups is 1. The van der Waals surface area contributed by atoms with E-state index in [0.717, 1.165) is 64.4 Å². The number of hydrogen-bond acceptors (Lipinski definition) is 3. The van der Waals surface area contributed by atoms with Crippen molar-refractivity contribution < 1.29 is 9.59 Å². The van der Waals surface area contributed by atoms with Crippen LogP contribution in [0.25, 0.3) is 0 Å². The fourth-order valence-electron chi connectivity index (χ4n) is 5.11. The number of halogens is 1. The van der Waals surface area contributed by atoms with E-state index in [-0.39, 0.29) is 41.8 Å². The van der Waals surface area contributed by atoms with Gasteiger partial charge in [-0.15, -0.1) is 24.0 Å². The zero-order valence-electron chi connectivity index (χ0n) is 19.7. The molecule has 1 saturated heterocycles. The van der Waals surface area contributed by atoms with Crippen LogP contribution in [0.5, 0.6) is 0 Å². The van der Waals surface area contributed by atoms with E-state index < -0.39 is 0 Å². The standard InChI is InChI=1S/C25H37N5O2.HI/c1-2-26-25(28-22-13-15-29(18-22)24(32)19-8-3-4-9-19)27-14-7-12-23(31)30-16-20-10-5-6-11-21(20)17-30;/h5-6,10-11,19,22H,2-4,7-9,12-18H2,1H3,(H2,26,27,28);1H. The van der Waals surface area contributed by atoms with Gasteiger partial charge in [0.05, 0.1) is 0 Å². The van der Waals surface area contributed by atoms with Crippen molar-refractivity contribution in [2.45, 2.75) is 71.0 Å². The highest BCUT2D eigenvalue weighted by Gasteiger charge is 2.32. The van der Waals surface area contributed by atoms with Crippen LogP contribution in [0.3, 0.4) is 0 Å². The van der Waals surface area contributed by atoms with Crippen molar-refractivity contribution in [3.05, 3.63) is 35.4 Å². The topological polar surface area (TPSA) is 77.0 Å². The Labute approximate surface area is 214 Å². The number of likely N-dealkylation sites (tertiary alicyclic amines) is 1. The Kier molecular flexibility index (Phi) is 9.82. The van der Waals surface area contributed by atoms with E-state index in [2.05, 4.69) is 34.7 Å². The Hall–Kier alpha value is -1.84. The van der Waals surface area contributed by atoms with Gasteiger partial charge in [-0.05, 0) is 43.7 Å². The molecule has 1 atom stereocenters. The van der Waals surface area contributed by atoms with Crippen LogP contribution in [-0.2, 0) is 22.7 Å². The second-order valence-electron chi connectivity index (χ2n) is 9.28. The second-order valence-corrected chi connectivity index (χ2v) is 9.28. The van der Waals surface area contributed by atoms with Gasteiger partial charge >= 0.3 is 0 Å². The first kappa shape index (κ1) is 25.8. The first-order valence-electron chi connectivity index (χ1n) is 12.3. The highest BCUT2D eigenvalue weighted by Crippen LogP contribution is 2.28. The van der Waals surface area contributed by atoms with Gasteiger partial charge in [0.2, 0.25) is 11.8 Å². The van der Waals surface area contributed by atoms with Crippen molar-refractivity contribution in [3.63, 3.8) is 0 Å². The molecule has 0 radical (unpaired) electrons. The average Bonchev–Trinajstić information content (AvgIpc) is 3.56. The third-order valence-electron chi connectivity index (χ3n) is 6.90. The van der Waals surface area contributed by atoms with Gasteiger partial charge in [-0.1, -0.05) is 37.1 Å². The van der Waals surface area contributed by atoms with Crippen molar-refractivity contribution in [2.75, 3.05) is 26.2 Å². The van der Waals surface area contributed by atoms with Crippen molar-refractivity contribution in [3.8, 4) is 0 Å². The number of rotatable bonds is 7. The molecular weight excluding hydrogens is 529 g/mol. The van der Waals surface area contributed by atoms with Crippen molar-refractivity contribution >= 4 is 41.8 Å². The van der Waals surface area contributed by atoms with Gasteiger partial charge in [-0.3, -0.25) is 14.6 Å². The summed E-state index contributed by atoms with van der Waals surface area (Å²) in [5.74, 6) is 1.58. The molecule has 4 rings (SSSR count). The lowest BCUT2D eigenvalue weighted by atomic mass is 10.1. The summed E-state index contributed by atoms with van der Waals surface area (Å²) in [6.07, 6.45) is 6.70. The number of carbonyl (C=O) groups is 2. The van der Waals surface area contributed by atoms with E-state index in [4.69, 9.17) is 0 Å². The molecule has 2 fully saturated rings. The van der Waals surface area contributed by atoms with Crippen molar-refractivity contribution in [1.82, 2.24) is 20.4 Å². The minimum atomic E-state index is 0. The molecule has 2 aliphatic heterocycles. The number of fused-ring (bicyclic) bond motifs is 1. The number of hydrogen-bond donors (Lipinski definition) is 2. The molecule has 0 spiro atoms. The number of aliphatic imine (C=N–C) groups is 1. The number of amides is 2. The first-order chi connectivity index (χ1) is 15.6. The molecule has 33 heavy (non-hydrogen) atoms. The van der Waals surface area contributed by atoms with Crippen molar-refractivity contribution in [2.24, 2.45) is 10.9 Å². The SMILES string of the molecule is CCNC(=NCCCC(=O)N1Cc2ccccc2C1)NC1CCN(C(=O)C2CCCC2)C1.I. The Morgan fingerprint density at radius 1 is 1.06 bits per heavy atom. The fraction of sp³-hybridized carbons (Fsp3) is 0.640. The molecule has 0 bridgehead atoms. The van der Waals surface area contributed by atoms with Gasteiger partial charge in [0.15, 0.2) is 5.96 Å². The number of nitrogens with one attached hydrogen (secondary N) is 2. The molecule has 2 amide bonds. The van der Waals surface area contributed by atoms with Crippen LogP contribution in [-0.4, -0.2) is 59.8 Å². The van der Waals surface area contributed by atoms with Crippen LogP contribution >= 0.6 is 24.0 Å². The fourth-order valence-corrected chi connectivity index (χ4v) is 5.11. The first-order valence-corrected chi connectivity index (χ1v) is 12.3. The lowest BCUT2D eigenvalue weighted by Crippen LogP contribution is -2.45. The summed E-state index contributed by atoms with van der Waals surface area (Å²) in [5, 5.41) is 6.80. The van der Waals surface area contributed by atoms with Gasteiger partial charge in [0.1, 0.15) is 0 Å². The van der Waals surface area contributed by atoms with Crippen molar-refractivity contribution in [1.29, 1.82) is 0 Å². The Balaban J connectivity index is 0.00000306. The van der Waals surface area contributed by atoms with Gasteiger partial charge in [-0.25, -0.2) is 0 Å². The predicted octanol–water partition coefficient (Wildman–Crippen LogP) is 3.27. The zero-order valence-corrected chi connectivity index (χ0v) is 22.1. The van der Waals surface area contributed by atoms with Crippen LogP contribution in [0.4, 0.5) is 0 Å². The summed E-state index contributed by atoms with van der Waals surface area (Å²) in [5.41, 5.74) is 2.52. The lowest BCUT2D eigenvalue weighted by Gasteiger charge is -2.21. The molecule has 1 saturated carbocycles. The highest BCUT2D eigenvalue weighted by molar-refractivity contribution is 14.0.